The summed E-state index contributed by atoms with van der Waals surface area (Å²) in [6, 6.07) is 1.85. The molecule has 140 valence electrons. The highest BCUT2D eigenvalue weighted by atomic mass is 16.5. The number of fused-ring (bicyclic) bond motifs is 1. The van der Waals surface area contributed by atoms with E-state index in [4.69, 9.17) is 4.74 Å². The maximum atomic E-state index is 12.4. The molecule has 1 aromatic rings. The molecule has 1 N–H and O–H groups in total. The Bertz CT molecular complexity index is 663. The molecular formula is C20H28N4O2. The van der Waals surface area contributed by atoms with Crippen molar-refractivity contribution >= 4 is 11.9 Å². The molecule has 0 radical (unpaired) electrons. The fourth-order valence-corrected chi connectivity index (χ4v) is 5.85. The van der Waals surface area contributed by atoms with E-state index in [2.05, 4.69) is 20.2 Å². The van der Waals surface area contributed by atoms with Crippen LogP contribution >= 0.6 is 0 Å². The van der Waals surface area contributed by atoms with E-state index in [0.717, 1.165) is 38.4 Å². The van der Waals surface area contributed by atoms with Gasteiger partial charge in [0.15, 0.2) is 0 Å². The topological polar surface area (TPSA) is 67.4 Å². The molecule has 4 heterocycles. The summed E-state index contributed by atoms with van der Waals surface area (Å²) in [5, 5.41) is 3.23. The Balaban J connectivity index is 1.22. The predicted molar refractivity (Wildman–Crippen MR) is 97.6 cm³/mol. The van der Waals surface area contributed by atoms with E-state index >= 15 is 0 Å². The molecule has 26 heavy (non-hydrogen) atoms. The molecule has 4 fully saturated rings. The van der Waals surface area contributed by atoms with Crippen molar-refractivity contribution in [1.29, 1.82) is 0 Å². The Labute approximate surface area is 154 Å². The number of carbonyl (C=O) groups excluding carboxylic acids is 1. The molecule has 6 heteroatoms. The van der Waals surface area contributed by atoms with E-state index in [1.54, 1.807) is 12.4 Å². The lowest BCUT2D eigenvalue weighted by Crippen LogP contribution is -2.42. The zero-order valence-electron chi connectivity index (χ0n) is 15.3. The van der Waals surface area contributed by atoms with Crippen molar-refractivity contribution in [2.75, 3.05) is 24.5 Å². The van der Waals surface area contributed by atoms with E-state index in [1.807, 2.05) is 6.07 Å². The van der Waals surface area contributed by atoms with Gasteiger partial charge in [-0.2, -0.15) is 0 Å². The van der Waals surface area contributed by atoms with Crippen molar-refractivity contribution in [2.45, 2.75) is 56.7 Å². The molecule has 1 amide bonds. The van der Waals surface area contributed by atoms with Gasteiger partial charge in [-0.05, 0) is 37.7 Å². The van der Waals surface area contributed by atoms with Gasteiger partial charge in [0.05, 0.1) is 18.2 Å². The van der Waals surface area contributed by atoms with E-state index in [1.165, 1.54) is 25.7 Å². The van der Waals surface area contributed by atoms with E-state index < -0.39 is 0 Å². The molecule has 6 nitrogen and oxygen atoms in total. The predicted octanol–water partition coefficient (Wildman–Crippen LogP) is 2.16. The summed E-state index contributed by atoms with van der Waals surface area (Å²) in [5.41, 5.74) is -0.0509. The Morgan fingerprint density at radius 1 is 1.27 bits per heavy atom. The Kier molecular flexibility index (Phi) is 4.11. The van der Waals surface area contributed by atoms with Crippen LogP contribution in [0.1, 0.15) is 44.9 Å². The lowest BCUT2D eigenvalue weighted by Gasteiger charge is -2.29. The second kappa shape index (κ2) is 6.48. The molecule has 4 aliphatic rings. The first-order chi connectivity index (χ1) is 12.7. The zero-order chi connectivity index (χ0) is 17.6. The highest BCUT2D eigenvalue weighted by Crippen LogP contribution is 2.54. The number of aromatic nitrogens is 2. The fourth-order valence-electron chi connectivity index (χ4n) is 5.85. The Hall–Kier alpha value is -1.69. The van der Waals surface area contributed by atoms with Crippen molar-refractivity contribution in [3.63, 3.8) is 0 Å². The van der Waals surface area contributed by atoms with Gasteiger partial charge in [0.2, 0.25) is 11.9 Å². The summed E-state index contributed by atoms with van der Waals surface area (Å²) in [6.45, 7) is 2.57. The van der Waals surface area contributed by atoms with Gasteiger partial charge >= 0.3 is 0 Å². The van der Waals surface area contributed by atoms with Crippen molar-refractivity contribution in [3.05, 3.63) is 18.5 Å². The average molecular weight is 356 g/mol. The molecule has 5 rings (SSSR count). The summed E-state index contributed by atoms with van der Waals surface area (Å²) < 4.78 is 6.47. The highest BCUT2D eigenvalue weighted by molar-refractivity contribution is 5.76. The van der Waals surface area contributed by atoms with Crippen molar-refractivity contribution in [2.24, 2.45) is 17.8 Å². The number of ether oxygens (including phenoxy) is 1. The van der Waals surface area contributed by atoms with Gasteiger partial charge < -0.3 is 15.0 Å². The maximum absolute atomic E-state index is 12.4. The number of hydrogen-bond acceptors (Lipinski definition) is 5. The first kappa shape index (κ1) is 16.5. The van der Waals surface area contributed by atoms with Crippen LogP contribution in [0.3, 0.4) is 0 Å². The normalized spacial score (nSPS) is 35.8. The van der Waals surface area contributed by atoms with Crippen LogP contribution in [0, 0.1) is 17.8 Å². The SMILES string of the molecule is O=C(CC1CCCC1)NC[C@H]1[C@H]2CN(c3ncccn3)C[C@]23CC[C@H]1O3. The largest absolute Gasteiger partial charge is 0.369 e. The highest BCUT2D eigenvalue weighted by Gasteiger charge is 2.63. The third kappa shape index (κ3) is 2.79. The molecule has 1 saturated carbocycles. The summed E-state index contributed by atoms with van der Waals surface area (Å²) in [7, 11) is 0. The summed E-state index contributed by atoms with van der Waals surface area (Å²) >= 11 is 0. The number of anilines is 1. The molecule has 2 bridgehead atoms. The number of rotatable bonds is 5. The van der Waals surface area contributed by atoms with Gasteiger partial charge in [0.25, 0.3) is 0 Å². The standard InChI is InChI=1S/C20H28N4O2/c25-18(10-14-4-1-2-5-14)23-11-15-16-12-24(19-21-8-3-9-22-19)13-20(16)7-6-17(15)26-20/h3,8-9,14-17H,1-2,4-7,10-13H2,(H,23,25)/t15-,16+,17+,20+/m0/s1. The number of nitrogens with one attached hydrogen (secondary N) is 1. The van der Waals surface area contributed by atoms with Crippen LogP contribution in [0.25, 0.3) is 0 Å². The van der Waals surface area contributed by atoms with Crippen molar-refractivity contribution in [3.8, 4) is 0 Å². The molecule has 0 unspecified atom stereocenters. The van der Waals surface area contributed by atoms with E-state index in [0.29, 0.717) is 30.3 Å². The maximum Gasteiger partial charge on any atom is 0.225 e. The molecule has 1 spiro atoms. The molecule has 3 aliphatic heterocycles. The number of carbonyl (C=O) groups is 1. The van der Waals surface area contributed by atoms with Crippen LogP contribution in [-0.4, -0.2) is 47.2 Å². The Morgan fingerprint density at radius 3 is 2.88 bits per heavy atom. The van der Waals surface area contributed by atoms with Gasteiger partial charge in [-0.1, -0.05) is 12.8 Å². The lowest BCUT2D eigenvalue weighted by atomic mass is 9.73. The fraction of sp³-hybridized carbons (Fsp3) is 0.750. The first-order valence-corrected chi connectivity index (χ1v) is 10.2. The molecule has 1 aromatic heterocycles. The third-order valence-electron chi connectivity index (χ3n) is 7.10. The Morgan fingerprint density at radius 2 is 2.08 bits per heavy atom. The van der Waals surface area contributed by atoms with Crippen molar-refractivity contribution < 1.29 is 9.53 Å². The second-order valence-corrected chi connectivity index (χ2v) is 8.62. The van der Waals surface area contributed by atoms with Crippen molar-refractivity contribution in [1.82, 2.24) is 15.3 Å². The molecule has 1 aliphatic carbocycles. The third-order valence-corrected chi connectivity index (χ3v) is 7.10. The van der Waals surface area contributed by atoms with Crippen LogP contribution in [0.4, 0.5) is 5.95 Å². The minimum atomic E-state index is -0.0509. The van der Waals surface area contributed by atoms with Crippen LogP contribution < -0.4 is 10.2 Å². The molecular weight excluding hydrogens is 328 g/mol. The number of nitrogens with zero attached hydrogens (tertiary/aromatic N) is 3. The van der Waals surface area contributed by atoms with E-state index in [-0.39, 0.29) is 11.5 Å². The van der Waals surface area contributed by atoms with Crippen LogP contribution in [0.5, 0.6) is 0 Å². The minimum absolute atomic E-state index is 0.0509. The molecule has 0 aromatic carbocycles. The van der Waals surface area contributed by atoms with Gasteiger partial charge in [-0.25, -0.2) is 9.97 Å². The second-order valence-electron chi connectivity index (χ2n) is 8.62. The summed E-state index contributed by atoms with van der Waals surface area (Å²) in [6.07, 6.45) is 11.9. The lowest BCUT2D eigenvalue weighted by molar-refractivity contribution is -0.122. The van der Waals surface area contributed by atoms with E-state index in [9.17, 15) is 4.79 Å². The van der Waals surface area contributed by atoms with Gasteiger partial charge in [-0.3, -0.25) is 4.79 Å². The van der Waals surface area contributed by atoms with Gasteiger partial charge in [-0.15, -0.1) is 0 Å². The summed E-state index contributed by atoms with van der Waals surface area (Å²) in [5.74, 6) is 2.53. The summed E-state index contributed by atoms with van der Waals surface area (Å²) in [4.78, 5) is 23.4. The number of amides is 1. The van der Waals surface area contributed by atoms with Crippen LogP contribution in [0.2, 0.25) is 0 Å². The quantitative estimate of drug-likeness (QED) is 0.876. The smallest absolute Gasteiger partial charge is 0.225 e. The zero-order valence-corrected chi connectivity index (χ0v) is 15.3. The molecule has 4 atom stereocenters. The van der Waals surface area contributed by atoms with Gasteiger partial charge in [0.1, 0.15) is 0 Å². The average Bonchev–Trinajstić information content (AvgIpc) is 3.42. The molecule has 3 saturated heterocycles. The van der Waals surface area contributed by atoms with Crippen LogP contribution in [0.15, 0.2) is 18.5 Å². The number of hydrogen-bond donors (Lipinski definition) is 1. The monoisotopic (exact) mass is 356 g/mol. The van der Waals surface area contributed by atoms with Crippen LogP contribution in [-0.2, 0) is 9.53 Å². The first-order valence-electron chi connectivity index (χ1n) is 10.2. The minimum Gasteiger partial charge on any atom is -0.369 e. The van der Waals surface area contributed by atoms with Gasteiger partial charge in [0, 0.05) is 43.7 Å².